The minimum atomic E-state index is -0.438. The van der Waals surface area contributed by atoms with E-state index < -0.39 is 11.6 Å². The molecule has 0 unspecified atom stereocenters. The maximum absolute atomic E-state index is 13.6. The molecule has 0 saturated carbocycles. The standard InChI is InChI=1S/C18H21F2N3O.HI/c1-21-18(23-12-13-4-3-5-16(10-13)24-2)22-9-8-14-11-15(19)6-7-17(14)20;/h3-7,10-11H,8-9,12H2,1-2H3,(H2,21,22,23);1H. The fraction of sp³-hybridized carbons (Fsp3) is 0.278. The molecule has 0 radical (unpaired) electrons. The molecular formula is C18H22F2IN3O. The number of nitrogens with zero attached hydrogens (tertiary/aromatic N) is 1. The topological polar surface area (TPSA) is 45.7 Å². The van der Waals surface area contributed by atoms with E-state index in [2.05, 4.69) is 15.6 Å². The van der Waals surface area contributed by atoms with Crippen LogP contribution < -0.4 is 15.4 Å². The normalized spacial score (nSPS) is 10.8. The zero-order chi connectivity index (χ0) is 17.4. The molecule has 0 aromatic heterocycles. The third-order valence-corrected chi connectivity index (χ3v) is 3.51. The minimum absolute atomic E-state index is 0. The summed E-state index contributed by atoms with van der Waals surface area (Å²) in [6.07, 6.45) is 0.365. The Bertz CT molecular complexity index is 710. The number of guanidine groups is 1. The van der Waals surface area contributed by atoms with Crippen LogP contribution in [0.1, 0.15) is 11.1 Å². The molecule has 0 aliphatic rings. The summed E-state index contributed by atoms with van der Waals surface area (Å²) in [6, 6.07) is 11.2. The molecule has 7 heteroatoms. The lowest BCUT2D eigenvalue weighted by Crippen LogP contribution is -2.37. The summed E-state index contributed by atoms with van der Waals surface area (Å²) < 4.78 is 31.9. The van der Waals surface area contributed by atoms with Crippen LogP contribution in [0.5, 0.6) is 5.75 Å². The van der Waals surface area contributed by atoms with Crippen LogP contribution in [0.2, 0.25) is 0 Å². The molecule has 136 valence electrons. The van der Waals surface area contributed by atoms with E-state index in [4.69, 9.17) is 4.74 Å². The van der Waals surface area contributed by atoms with Gasteiger partial charge in [0.1, 0.15) is 17.4 Å². The Morgan fingerprint density at radius 2 is 1.92 bits per heavy atom. The van der Waals surface area contributed by atoms with Gasteiger partial charge >= 0.3 is 0 Å². The molecule has 2 aromatic rings. The Balaban J connectivity index is 0.00000312. The summed E-state index contributed by atoms with van der Waals surface area (Å²) in [5, 5.41) is 6.25. The fourth-order valence-electron chi connectivity index (χ4n) is 2.24. The highest BCUT2D eigenvalue weighted by atomic mass is 127. The second-order valence-corrected chi connectivity index (χ2v) is 5.19. The molecule has 0 amide bonds. The summed E-state index contributed by atoms with van der Waals surface area (Å²) in [7, 11) is 3.28. The number of rotatable bonds is 6. The number of aliphatic imine (C=N–C) groups is 1. The molecule has 4 nitrogen and oxygen atoms in total. The van der Waals surface area contributed by atoms with Crippen molar-refractivity contribution in [2.24, 2.45) is 4.99 Å². The molecular weight excluding hydrogens is 439 g/mol. The van der Waals surface area contributed by atoms with Gasteiger partial charge in [-0.2, -0.15) is 0 Å². The Labute approximate surface area is 163 Å². The highest BCUT2D eigenvalue weighted by Gasteiger charge is 2.05. The molecule has 2 aromatic carbocycles. The van der Waals surface area contributed by atoms with E-state index in [0.717, 1.165) is 23.4 Å². The summed E-state index contributed by atoms with van der Waals surface area (Å²) in [4.78, 5) is 4.11. The number of nitrogens with one attached hydrogen (secondary N) is 2. The highest BCUT2D eigenvalue weighted by Crippen LogP contribution is 2.12. The van der Waals surface area contributed by atoms with Gasteiger partial charge in [-0.05, 0) is 47.9 Å². The molecule has 0 spiro atoms. The van der Waals surface area contributed by atoms with Gasteiger partial charge in [-0.15, -0.1) is 24.0 Å². The molecule has 0 atom stereocenters. The number of hydrogen-bond acceptors (Lipinski definition) is 2. The van der Waals surface area contributed by atoms with E-state index in [9.17, 15) is 8.78 Å². The maximum Gasteiger partial charge on any atom is 0.191 e. The molecule has 0 heterocycles. The van der Waals surface area contributed by atoms with Gasteiger partial charge in [0.15, 0.2) is 5.96 Å². The van der Waals surface area contributed by atoms with Gasteiger partial charge < -0.3 is 15.4 Å². The average Bonchev–Trinajstić information content (AvgIpc) is 2.61. The van der Waals surface area contributed by atoms with Gasteiger partial charge in [0.2, 0.25) is 0 Å². The van der Waals surface area contributed by atoms with Crippen molar-refractivity contribution >= 4 is 29.9 Å². The van der Waals surface area contributed by atoms with E-state index in [-0.39, 0.29) is 24.0 Å². The van der Waals surface area contributed by atoms with Gasteiger partial charge in [0.05, 0.1) is 7.11 Å². The third kappa shape index (κ3) is 6.85. The van der Waals surface area contributed by atoms with Crippen molar-refractivity contribution in [1.82, 2.24) is 10.6 Å². The highest BCUT2D eigenvalue weighted by molar-refractivity contribution is 14.0. The lowest BCUT2D eigenvalue weighted by molar-refractivity contribution is 0.414. The monoisotopic (exact) mass is 461 g/mol. The van der Waals surface area contributed by atoms with Crippen LogP contribution >= 0.6 is 24.0 Å². The second kappa shape index (κ2) is 10.9. The van der Waals surface area contributed by atoms with Crippen LogP contribution in [0.4, 0.5) is 8.78 Å². The average molecular weight is 461 g/mol. The predicted octanol–water partition coefficient (Wildman–Crippen LogP) is 3.50. The second-order valence-electron chi connectivity index (χ2n) is 5.19. The summed E-state index contributed by atoms with van der Waals surface area (Å²) in [5.41, 5.74) is 1.39. The summed E-state index contributed by atoms with van der Waals surface area (Å²) >= 11 is 0. The van der Waals surface area contributed by atoms with E-state index in [1.807, 2.05) is 24.3 Å². The molecule has 0 saturated heterocycles. The molecule has 2 rings (SSSR count). The maximum atomic E-state index is 13.6. The number of hydrogen-bond donors (Lipinski definition) is 2. The Morgan fingerprint density at radius 1 is 1.12 bits per heavy atom. The van der Waals surface area contributed by atoms with Crippen LogP contribution in [-0.2, 0) is 13.0 Å². The van der Waals surface area contributed by atoms with Gasteiger partial charge in [0, 0.05) is 20.1 Å². The van der Waals surface area contributed by atoms with E-state index >= 15 is 0 Å². The molecule has 0 bridgehead atoms. The number of benzene rings is 2. The van der Waals surface area contributed by atoms with Crippen LogP contribution in [0.25, 0.3) is 0 Å². The van der Waals surface area contributed by atoms with Crippen molar-refractivity contribution in [3.8, 4) is 5.75 Å². The first-order valence-electron chi connectivity index (χ1n) is 7.63. The molecule has 0 aliphatic carbocycles. The van der Waals surface area contributed by atoms with Crippen LogP contribution in [0.15, 0.2) is 47.5 Å². The van der Waals surface area contributed by atoms with Crippen molar-refractivity contribution in [1.29, 1.82) is 0 Å². The van der Waals surface area contributed by atoms with Crippen molar-refractivity contribution in [3.63, 3.8) is 0 Å². The van der Waals surface area contributed by atoms with Crippen molar-refractivity contribution in [2.75, 3.05) is 20.7 Å². The van der Waals surface area contributed by atoms with Gasteiger partial charge in [-0.25, -0.2) is 8.78 Å². The van der Waals surface area contributed by atoms with E-state index in [1.165, 1.54) is 6.07 Å². The Kier molecular flexibility index (Phi) is 9.18. The van der Waals surface area contributed by atoms with Crippen LogP contribution in [0.3, 0.4) is 0 Å². The van der Waals surface area contributed by atoms with Crippen LogP contribution in [-0.4, -0.2) is 26.7 Å². The molecule has 0 aliphatic heterocycles. The van der Waals surface area contributed by atoms with Crippen molar-refractivity contribution in [2.45, 2.75) is 13.0 Å². The number of ether oxygens (including phenoxy) is 1. The van der Waals surface area contributed by atoms with Crippen molar-refractivity contribution in [3.05, 3.63) is 65.2 Å². The first-order valence-corrected chi connectivity index (χ1v) is 7.63. The van der Waals surface area contributed by atoms with Crippen LogP contribution in [0, 0.1) is 11.6 Å². The lowest BCUT2D eigenvalue weighted by atomic mass is 10.1. The Hall–Kier alpha value is -1.90. The van der Waals surface area contributed by atoms with Gasteiger partial charge in [-0.1, -0.05) is 12.1 Å². The van der Waals surface area contributed by atoms with Crippen molar-refractivity contribution < 1.29 is 13.5 Å². The first-order chi connectivity index (χ1) is 11.6. The fourth-order valence-corrected chi connectivity index (χ4v) is 2.24. The van der Waals surface area contributed by atoms with Gasteiger partial charge in [0.25, 0.3) is 0 Å². The molecule has 2 N–H and O–H groups in total. The van der Waals surface area contributed by atoms with Gasteiger partial charge in [-0.3, -0.25) is 4.99 Å². The minimum Gasteiger partial charge on any atom is -0.497 e. The molecule has 25 heavy (non-hydrogen) atoms. The zero-order valence-electron chi connectivity index (χ0n) is 14.2. The Morgan fingerprint density at radius 3 is 2.64 bits per heavy atom. The summed E-state index contributed by atoms with van der Waals surface area (Å²) in [6.45, 7) is 1.02. The third-order valence-electron chi connectivity index (χ3n) is 3.51. The predicted molar refractivity (Wildman–Crippen MR) is 107 cm³/mol. The molecule has 0 fully saturated rings. The first kappa shape index (κ1) is 21.1. The number of halogens is 3. The SMILES string of the molecule is CN=C(NCCc1cc(F)ccc1F)NCc1cccc(OC)c1.I. The smallest absolute Gasteiger partial charge is 0.191 e. The van der Waals surface area contributed by atoms with E-state index in [0.29, 0.717) is 31.0 Å². The largest absolute Gasteiger partial charge is 0.497 e. The number of methoxy groups -OCH3 is 1. The lowest BCUT2D eigenvalue weighted by Gasteiger charge is -2.12. The van der Waals surface area contributed by atoms with E-state index in [1.54, 1.807) is 14.2 Å². The summed E-state index contributed by atoms with van der Waals surface area (Å²) in [5.74, 6) is 0.540. The quantitative estimate of drug-likeness (QED) is 0.394. The zero-order valence-corrected chi connectivity index (χ0v) is 16.5.